The van der Waals surface area contributed by atoms with E-state index < -0.39 is 5.97 Å². The first-order chi connectivity index (χ1) is 4.68. The van der Waals surface area contributed by atoms with E-state index in [9.17, 15) is 4.79 Å². The van der Waals surface area contributed by atoms with Crippen LogP contribution in [0.2, 0.25) is 0 Å². The minimum atomic E-state index is -0.693. The van der Waals surface area contributed by atoms with Gasteiger partial charge in [-0.2, -0.15) is 0 Å². The van der Waals surface area contributed by atoms with Gasteiger partial charge in [0.25, 0.3) is 0 Å². The van der Waals surface area contributed by atoms with Crippen LogP contribution >= 0.6 is 15.9 Å². The predicted molar refractivity (Wildman–Crippen MR) is 46.6 cm³/mol. The zero-order chi connectivity index (χ0) is 8.41. The summed E-state index contributed by atoms with van der Waals surface area (Å²) in [7, 11) is 0. The van der Waals surface area contributed by atoms with Crippen molar-refractivity contribution < 1.29 is 9.90 Å². The van der Waals surface area contributed by atoms with Crippen LogP contribution in [0.15, 0.2) is 0 Å². The molecule has 0 unspecified atom stereocenters. The van der Waals surface area contributed by atoms with Gasteiger partial charge in [-0.3, -0.25) is 4.79 Å². The fourth-order valence-electron chi connectivity index (χ4n) is 0.328. The van der Waals surface area contributed by atoms with Crippen LogP contribution in [0.3, 0.4) is 0 Å². The van der Waals surface area contributed by atoms with Crippen LogP contribution in [0.25, 0.3) is 0 Å². The number of hydrogen-bond donors (Lipinski definition) is 1. The van der Waals surface area contributed by atoms with Crippen molar-refractivity contribution in [2.24, 2.45) is 0 Å². The molecule has 0 heterocycles. The average molecular weight is 211 g/mol. The van der Waals surface area contributed by atoms with Crippen LogP contribution in [-0.2, 0) is 4.79 Å². The molecule has 0 fully saturated rings. The fraction of sp³-hybridized carbons (Fsp3) is 0.857. The van der Waals surface area contributed by atoms with E-state index in [2.05, 4.69) is 15.9 Å². The molecule has 0 bridgehead atoms. The van der Waals surface area contributed by atoms with E-state index in [0.29, 0.717) is 6.42 Å². The Balaban J connectivity index is 0. The normalized spacial score (nSPS) is 7.90. The molecule has 0 amide bonds. The first-order valence-corrected chi connectivity index (χ1v) is 4.58. The second kappa shape index (κ2) is 11.7. The smallest absolute Gasteiger partial charge is 0.303 e. The number of carboxylic acid groups (broad SMARTS) is 1. The van der Waals surface area contributed by atoms with Gasteiger partial charge >= 0.3 is 5.97 Å². The van der Waals surface area contributed by atoms with Crippen molar-refractivity contribution in [1.29, 1.82) is 0 Å². The zero-order valence-electron chi connectivity index (χ0n) is 6.56. The van der Waals surface area contributed by atoms with Gasteiger partial charge in [0, 0.05) is 11.8 Å². The first-order valence-electron chi connectivity index (χ1n) is 3.46. The molecule has 2 nitrogen and oxygen atoms in total. The largest absolute Gasteiger partial charge is 0.481 e. The molecule has 0 aliphatic heterocycles. The third-order valence-corrected chi connectivity index (χ3v) is 0.744. The SMILES string of the molecule is CCBr.CCCCC(=O)O. The van der Waals surface area contributed by atoms with E-state index in [-0.39, 0.29) is 0 Å². The quantitative estimate of drug-likeness (QED) is 0.728. The third-order valence-electron chi connectivity index (χ3n) is 0.744. The lowest BCUT2D eigenvalue weighted by molar-refractivity contribution is -0.137. The zero-order valence-corrected chi connectivity index (χ0v) is 8.15. The minimum absolute atomic E-state index is 0.316. The monoisotopic (exact) mass is 210 g/mol. The summed E-state index contributed by atoms with van der Waals surface area (Å²) in [6.07, 6.45) is 2.08. The topological polar surface area (TPSA) is 37.3 Å². The average Bonchev–Trinajstić information content (AvgIpc) is 1.85. The molecule has 10 heavy (non-hydrogen) atoms. The Bertz CT molecular complexity index is 74.0. The Labute approximate surface area is 70.8 Å². The molecule has 62 valence electrons. The summed E-state index contributed by atoms with van der Waals surface area (Å²) in [5.41, 5.74) is 0. The van der Waals surface area contributed by atoms with Crippen LogP contribution < -0.4 is 0 Å². The molecular weight excluding hydrogens is 196 g/mol. The van der Waals surface area contributed by atoms with Crippen molar-refractivity contribution in [3.05, 3.63) is 0 Å². The lowest BCUT2D eigenvalue weighted by atomic mass is 10.3. The van der Waals surface area contributed by atoms with Crippen molar-refractivity contribution in [3.8, 4) is 0 Å². The number of unbranched alkanes of at least 4 members (excludes halogenated alkanes) is 1. The van der Waals surface area contributed by atoms with Crippen molar-refractivity contribution in [1.82, 2.24) is 0 Å². The van der Waals surface area contributed by atoms with Gasteiger partial charge in [-0.15, -0.1) is 0 Å². The summed E-state index contributed by atoms with van der Waals surface area (Å²) in [5, 5.41) is 9.11. The molecular formula is C7H15BrO2. The summed E-state index contributed by atoms with van der Waals surface area (Å²) in [6, 6.07) is 0. The van der Waals surface area contributed by atoms with Gasteiger partial charge in [-0.05, 0) is 6.42 Å². The highest BCUT2D eigenvalue weighted by Gasteiger charge is 1.90. The van der Waals surface area contributed by atoms with E-state index in [1.54, 1.807) is 0 Å². The summed E-state index contributed by atoms with van der Waals surface area (Å²) in [5.74, 6) is -0.693. The van der Waals surface area contributed by atoms with E-state index in [0.717, 1.165) is 18.2 Å². The molecule has 0 radical (unpaired) electrons. The van der Waals surface area contributed by atoms with Gasteiger partial charge in [0.15, 0.2) is 0 Å². The minimum Gasteiger partial charge on any atom is -0.481 e. The van der Waals surface area contributed by atoms with Crippen LogP contribution in [0.4, 0.5) is 0 Å². The third kappa shape index (κ3) is 24.6. The maximum Gasteiger partial charge on any atom is 0.303 e. The van der Waals surface area contributed by atoms with Gasteiger partial charge < -0.3 is 5.11 Å². The molecule has 0 saturated heterocycles. The van der Waals surface area contributed by atoms with Crippen molar-refractivity contribution in [2.75, 3.05) is 5.33 Å². The Morgan fingerprint density at radius 1 is 1.50 bits per heavy atom. The van der Waals surface area contributed by atoms with Gasteiger partial charge in [0.05, 0.1) is 0 Å². The maximum atomic E-state index is 9.76. The van der Waals surface area contributed by atoms with E-state index in [4.69, 9.17) is 5.11 Å². The van der Waals surface area contributed by atoms with E-state index in [1.807, 2.05) is 13.8 Å². The molecule has 1 N–H and O–H groups in total. The van der Waals surface area contributed by atoms with Crippen LogP contribution in [0, 0.1) is 0 Å². The van der Waals surface area contributed by atoms with E-state index in [1.165, 1.54) is 0 Å². The molecule has 0 spiro atoms. The molecule has 3 heteroatoms. The van der Waals surface area contributed by atoms with Crippen LogP contribution in [-0.4, -0.2) is 16.4 Å². The highest BCUT2D eigenvalue weighted by atomic mass is 79.9. The first kappa shape index (κ1) is 12.6. The fourth-order valence-corrected chi connectivity index (χ4v) is 0.328. The highest BCUT2D eigenvalue weighted by molar-refractivity contribution is 9.09. The van der Waals surface area contributed by atoms with Gasteiger partial charge in [-0.25, -0.2) is 0 Å². The molecule has 0 aromatic rings. The van der Waals surface area contributed by atoms with Gasteiger partial charge in [0.2, 0.25) is 0 Å². The Morgan fingerprint density at radius 2 is 1.90 bits per heavy atom. The van der Waals surface area contributed by atoms with Crippen LogP contribution in [0.5, 0.6) is 0 Å². The predicted octanol–water partition coefficient (Wildman–Crippen LogP) is 2.66. The standard InChI is InChI=1S/C5H10O2.C2H5Br/c1-2-3-4-5(6)7;1-2-3/h2-4H2,1H3,(H,6,7);2H2,1H3. The summed E-state index contributed by atoms with van der Waals surface area (Å²) in [6.45, 7) is 4.02. The number of carbonyl (C=O) groups is 1. The number of hydrogen-bond acceptors (Lipinski definition) is 1. The molecule has 0 aromatic heterocycles. The summed E-state index contributed by atoms with van der Waals surface area (Å²) < 4.78 is 0. The molecule has 0 aliphatic rings. The van der Waals surface area contributed by atoms with Crippen molar-refractivity contribution in [2.45, 2.75) is 33.1 Å². The number of rotatable bonds is 3. The molecule has 0 saturated carbocycles. The second-order valence-corrected chi connectivity index (χ2v) is 2.89. The highest BCUT2D eigenvalue weighted by Crippen LogP contribution is 1.91. The summed E-state index contributed by atoms with van der Waals surface area (Å²) in [4.78, 5) is 9.76. The van der Waals surface area contributed by atoms with Gasteiger partial charge in [-0.1, -0.05) is 36.2 Å². The second-order valence-electron chi connectivity index (χ2n) is 1.76. The summed E-state index contributed by atoms with van der Waals surface area (Å²) >= 11 is 3.15. The molecule has 0 rings (SSSR count). The Hall–Kier alpha value is -0.0500. The Kier molecular flexibility index (Phi) is 14.8. The van der Waals surface area contributed by atoms with Crippen molar-refractivity contribution >= 4 is 21.9 Å². The number of carboxylic acids is 1. The number of alkyl halides is 1. The Morgan fingerprint density at radius 3 is 2.00 bits per heavy atom. The number of aliphatic carboxylic acids is 1. The van der Waals surface area contributed by atoms with Crippen molar-refractivity contribution in [3.63, 3.8) is 0 Å². The lowest BCUT2D eigenvalue weighted by Gasteiger charge is -1.85. The molecule has 0 aromatic carbocycles. The number of halogens is 1. The molecule has 0 atom stereocenters. The maximum absolute atomic E-state index is 9.76. The van der Waals surface area contributed by atoms with Gasteiger partial charge in [0.1, 0.15) is 0 Å². The van der Waals surface area contributed by atoms with E-state index >= 15 is 0 Å². The lowest BCUT2D eigenvalue weighted by Crippen LogP contribution is -1.91. The van der Waals surface area contributed by atoms with Crippen LogP contribution in [0.1, 0.15) is 33.1 Å². The molecule has 0 aliphatic carbocycles.